The monoisotopic (exact) mass is 543 g/mol. The summed E-state index contributed by atoms with van der Waals surface area (Å²) < 4.78 is 6.10. The molecule has 1 unspecified atom stereocenters. The Morgan fingerprint density at radius 2 is 1.87 bits per heavy atom. The maximum absolute atomic E-state index is 12.3. The van der Waals surface area contributed by atoms with Crippen molar-refractivity contribution in [3.63, 3.8) is 0 Å². The normalized spacial score (nSPS) is 20.3. The van der Waals surface area contributed by atoms with Gasteiger partial charge in [0.1, 0.15) is 11.9 Å². The second-order valence-electron chi connectivity index (χ2n) is 8.37. The number of nitrogens with one attached hydrogen (secondary N) is 1. The molecule has 2 fully saturated rings. The van der Waals surface area contributed by atoms with Crippen molar-refractivity contribution in [1.82, 2.24) is 20.0 Å². The fraction of sp³-hybridized carbons (Fsp3) is 0.652. The zero-order valence-corrected chi connectivity index (χ0v) is 21.5. The molecule has 1 aromatic rings. The lowest BCUT2D eigenvalue weighted by molar-refractivity contribution is -0.133. The first-order chi connectivity index (χ1) is 14.6. The highest BCUT2D eigenvalue weighted by Crippen LogP contribution is 2.20. The van der Waals surface area contributed by atoms with Crippen LogP contribution in [0.25, 0.3) is 0 Å². The summed E-state index contributed by atoms with van der Waals surface area (Å²) in [4.78, 5) is 23.2. The SMILES string of the molecule is CN=C(NCCCN1CCCC1C(=O)N(C)C)N1CCC(Oc2ccccc2)CC1.I. The first kappa shape index (κ1) is 25.7. The number of likely N-dealkylation sites (N-methyl/N-ethyl adjacent to an activating group) is 1. The van der Waals surface area contributed by atoms with Crippen LogP contribution in [-0.2, 0) is 4.79 Å². The van der Waals surface area contributed by atoms with E-state index in [-0.39, 0.29) is 42.0 Å². The Bertz CT molecular complexity index is 692. The van der Waals surface area contributed by atoms with Crippen molar-refractivity contribution in [2.75, 3.05) is 53.9 Å². The van der Waals surface area contributed by atoms with Gasteiger partial charge in [0.2, 0.25) is 5.91 Å². The highest BCUT2D eigenvalue weighted by molar-refractivity contribution is 14.0. The molecular weight excluding hydrogens is 505 g/mol. The Hall–Kier alpha value is -1.55. The average Bonchev–Trinajstić information content (AvgIpc) is 3.23. The first-order valence-electron chi connectivity index (χ1n) is 11.2. The zero-order valence-electron chi connectivity index (χ0n) is 19.1. The van der Waals surface area contributed by atoms with Crippen LogP contribution < -0.4 is 10.1 Å². The van der Waals surface area contributed by atoms with Gasteiger partial charge in [-0.3, -0.25) is 14.7 Å². The summed E-state index contributed by atoms with van der Waals surface area (Å²) in [5.41, 5.74) is 0. The van der Waals surface area contributed by atoms with Gasteiger partial charge < -0.3 is 19.9 Å². The predicted molar refractivity (Wildman–Crippen MR) is 136 cm³/mol. The zero-order chi connectivity index (χ0) is 21.3. The molecule has 8 heteroatoms. The molecule has 174 valence electrons. The van der Waals surface area contributed by atoms with Crippen molar-refractivity contribution in [2.45, 2.75) is 44.2 Å². The Kier molecular flexibility index (Phi) is 10.9. The standard InChI is InChI=1S/C23H37N5O2.HI/c1-24-23(25-14-8-16-27-15-7-11-21(27)22(29)26(2)3)28-17-12-20(13-18-28)30-19-9-5-4-6-10-19;/h4-6,9-10,20-21H,7-8,11-18H2,1-3H3,(H,24,25);1H. The third-order valence-corrected chi connectivity index (χ3v) is 5.99. The Morgan fingerprint density at radius 1 is 1.16 bits per heavy atom. The Balaban J connectivity index is 0.00000341. The van der Waals surface area contributed by atoms with Crippen molar-refractivity contribution >= 4 is 35.8 Å². The van der Waals surface area contributed by atoms with E-state index in [4.69, 9.17) is 4.74 Å². The van der Waals surface area contributed by atoms with Crippen LogP contribution in [0.5, 0.6) is 5.75 Å². The molecule has 0 aliphatic carbocycles. The van der Waals surface area contributed by atoms with Crippen molar-refractivity contribution < 1.29 is 9.53 Å². The highest BCUT2D eigenvalue weighted by Gasteiger charge is 2.31. The summed E-state index contributed by atoms with van der Waals surface area (Å²) in [6, 6.07) is 10.1. The lowest BCUT2D eigenvalue weighted by Gasteiger charge is -2.34. The van der Waals surface area contributed by atoms with Gasteiger partial charge in [-0.1, -0.05) is 18.2 Å². The second kappa shape index (κ2) is 13.1. The molecule has 2 aliphatic rings. The van der Waals surface area contributed by atoms with E-state index in [2.05, 4.69) is 20.1 Å². The minimum Gasteiger partial charge on any atom is -0.490 e. The molecule has 7 nitrogen and oxygen atoms in total. The number of aliphatic imine (C=N–C) groups is 1. The number of likely N-dealkylation sites (tertiary alicyclic amines) is 2. The summed E-state index contributed by atoms with van der Waals surface area (Å²) in [6.07, 6.45) is 5.35. The number of amides is 1. The molecule has 2 saturated heterocycles. The minimum atomic E-state index is 0. The maximum atomic E-state index is 12.3. The largest absolute Gasteiger partial charge is 0.490 e. The molecule has 2 heterocycles. The number of hydrogen-bond donors (Lipinski definition) is 1. The molecule has 1 amide bonds. The minimum absolute atomic E-state index is 0. The van der Waals surface area contributed by atoms with Gasteiger partial charge in [-0.2, -0.15) is 0 Å². The van der Waals surface area contributed by atoms with Crippen molar-refractivity contribution in [2.24, 2.45) is 4.99 Å². The summed E-state index contributed by atoms with van der Waals surface area (Å²) in [5, 5.41) is 3.51. The van der Waals surface area contributed by atoms with E-state index < -0.39 is 0 Å². The molecular formula is C23H38IN5O2. The molecule has 0 spiro atoms. The van der Waals surface area contributed by atoms with Crippen molar-refractivity contribution in [3.05, 3.63) is 30.3 Å². The van der Waals surface area contributed by atoms with Crippen LogP contribution in [0.4, 0.5) is 0 Å². The van der Waals surface area contributed by atoms with Gasteiger partial charge in [0.25, 0.3) is 0 Å². The van der Waals surface area contributed by atoms with E-state index >= 15 is 0 Å². The van der Waals surface area contributed by atoms with Gasteiger partial charge in [-0.25, -0.2) is 0 Å². The molecule has 0 saturated carbocycles. The summed E-state index contributed by atoms with van der Waals surface area (Å²) >= 11 is 0. The van der Waals surface area contributed by atoms with Crippen molar-refractivity contribution in [3.8, 4) is 5.75 Å². The fourth-order valence-electron chi connectivity index (χ4n) is 4.36. The second-order valence-corrected chi connectivity index (χ2v) is 8.37. The molecule has 1 atom stereocenters. The third kappa shape index (κ3) is 7.52. The molecule has 0 radical (unpaired) electrons. The maximum Gasteiger partial charge on any atom is 0.239 e. The van der Waals surface area contributed by atoms with E-state index in [1.807, 2.05) is 51.5 Å². The number of carbonyl (C=O) groups excluding carboxylic acids is 1. The van der Waals surface area contributed by atoms with Crippen LogP contribution >= 0.6 is 24.0 Å². The number of nitrogens with zero attached hydrogens (tertiary/aromatic N) is 4. The fourth-order valence-corrected chi connectivity index (χ4v) is 4.36. The van der Waals surface area contributed by atoms with Gasteiger partial charge in [-0.15, -0.1) is 24.0 Å². The smallest absolute Gasteiger partial charge is 0.239 e. The lowest BCUT2D eigenvalue weighted by atomic mass is 10.1. The van der Waals surface area contributed by atoms with Crippen LogP contribution in [0.3, 0.4) is 0 Å². The third-order valence-electron chi connectivity index (χ3n) is 5.99. The molecule has 0 bridgehead atoms. The summed E-state index contributed by atoms with van der Waals surface area (Å²) in [7, 11) is 5.54. The lowest BCUT2D eigenvalue weighted by Crippen LogP contribution is -2.48. The van der Waals surface area contributed by atoms with E-state index in [1.165, 1.54) is 0 Å². The number of halogens is 1. The Morgan fingerprint density at radius 3 is 2.52 bits per heavy atom. The first-order valence-corrected chi connectivity index (χ1v) is 11.2. The summed E-state index contributed by atoms with van der Waals surface area (Å²) in [5.74, 6) is 2.15. The number of rotatable bonds is 7. The molecule has 2 aliphatic heterocycles. The number of para-hydroxylation sites is 1. The molecule has 1 aromatic carbocycles. The van der Waals surface area contributed by atoms with Crippen LogP contribution in [0.1, 0.15) is 32.1 Å². The number of ether oxygens (including phenoxy) is 1. The average molecular weight is 543 g/mol. The van der Waals surface area contributed by atoms with Crippen LogP contribution in [0.2, 0.25) is 0 Å². The van der Waals surface area contributed by atoms with Crippen LogP contribution in [0, 0.1) is 0 Å². The van der Waals surface area contributed by atoms with Crippen LogP contribution in [-0.4, -0.2) is 92.6 Å². The number of piperidine rings is 1. The molecule has 3 rings (SSSR count). The van der Waals surface area contributed by atoms with Crippen molar-refractivity contribution in [1.29, 1.82) is 0 Å². The van der Waals surface area contributed by atoms with E-state index in [0.717, 1.165) is 76.5 Å². The Labute approximate surface area is 204 Å². The predicted octanol–water partition coefficient (Wildman–Crippen LogP) is 2.67. The number of carbonyl (C=O) groups is 1. The molecule has 1 N–H and O–H groups in total. The van der Waals surface area contributed by atoms with E-state index in [0.29, 0.717) is 0 Å². The molecule has 31 heavy (non-hydrogen) atoms. The van der Waals surface area contributed by atoms with Gasteiger partial charge >= 0.3 is 0 Å². The highest BCUT2D eigenvalue weighted by atomic mass is 127. The summed E-state index contributed by atoms with van der Waals surface area (Å²) in [6.45, 7) is 4.73. The topological polar surface area (TPSA) is 60.4 Å². The van der Waals surface area contributed by atoms with E-state index in [1.54, 1.807) is 4.90 Å². The quantitative estimate of drug-likeness (QED) is 0.248. The van der Waals surface area contributed by atoms with Gasteiger partial charge in [0.05, 0.1) is 6.04 Å². The van der Waals surface area contributed by atoms with Crippen LogP contribution in [0.15, 0.2) is 35.3 Å². The molecule has 0 aromatic heterocycles. The van der Waals surface area contributed by atoms with E-state index in [9.17, 15) is 4.79 Å². The number of benzene rings is 1. The van der Waals surface area contributed by atoms with Gasteiger partial charge in [0.15, 0.2) is 5.96 Å². The van der Waals surface area contributed by atoms with Gasteiger partial charge in [0, 0.05) is 60.2 Å². The van der Waals surface area contributed by atoms with Gasteiger partial charge in [-0.05, 0) is 37.9 Å². The number of hydrogen-bond acceptors (Lipinski definition) is 4. The number of guanidine groups is 1.